The SMILES string of the molecule is CC(NCC1CCOC1C)C(=O)N1CCOCC1. The molecule has 2 fully saturated rings. The largest absolute Gasteiger partial charge is 0.378 e. The lowest BCUT2D eigenvalue weighted by Gasteiger charge is -2.30. The molecule has 5 heteroatoms. The topological polar surface area (TPSA) is 50.8 Å². The molecule has 104 valence electrons. The van der Waals surface area contributed by atoms with Gasteiger partial charge in [-0.15, -0.1) is 0 Å². The molecule has 0 bridgehead atoms. The first-order chi connectivity index (χ1) is 8.68. The van der Waals surface area contributed by atoms with Crippen LogP contribution in [0, 0.1) is 5.92 Å². The number of rotatable bonds is 4. The van der Waals surface area contributed by atoms with Crippen molar-refractivity contribution in [3.63, 3.8) is 0 Å². The summed E-state index contributed by atoms with van der Waals surface area (Å²) in [6.45, 7) is 8.50. The van der Waals surface area contributed by atoms with Crippen molar-refractivity contribution in [3.05, 3.63) is 0 Å². The molecule has 1 amide bonds. The van der Waals surface area contributed by atoms with Gasteiger partial charge in [0.15, 0.2) is 0 Å². The summed E-state index contributed by atoms with van der Waals surface area (Å²) in [6.07, 6.45) is 1.40. The molecule has 0 aliphatic carbocycles. The van der Waals surface area contributed by atoms with Crippen LogP contribution in [0.15, 0.2) is 0 Å². The zero-order valence-electron chi connectivity index (χ0n) is 11.4. The molecule has 2 saturated heterocycles. The van der Waals surface area contributed by atoms with Gasteiger partial charge in [0.05, 0.1) is 25.4 Å². The number of ether oxygens (including phenoxy) is 2. The number of hydrogen-bond acceptors (Lipinski definition) is 4. The lowest BCUT2D eigenvalue weighted by atomic mass is 10.0. The fraction of sp³-hybridized carbons (Fsp3) is 0.923. The molecule has 18 heavy (non-hydrogen) atoms. The fourth-order valence-electron chi connectivity index (χ4n) is 2.52. The van der Waals surface area contributed by atoms with Crippen LogP contribution in [0.5, 0.6) is 0 Å². The van der Waals surface area contributed by atoms with E-state index in [0.29, 0.717) is 38.3 Å². The molecule has 2 rings (SSSR count). The minimum absolute atomic E-state index is 0.115. The lowest BCUT2D eigenvalue weighted by Crippen LogP contribution is -2.50. The molecule has 2 aliphatic heterocycles. The van der Waals surface area contributed by atoms with E-state index in [1.807, 2.05) is 11.8 Å². The minimum Gasteiger partial charge on any atom is -0.378 e. The van der Waals surface area contributed by atoms with Gasteiger partial charge in [-0.05, 0) is 26.2 Å². The van der Waals surface area contributed by atoms with E-state index in [-0.39, 0.29) is 11.9 Å². The monoisotopic (exact) mass is 256 g/mol. The van der Waals surface area contributed by atoms with Crippen molar-refractivity contribution in [1.29, 1.82) is 0 Å². The number of morpholine rings is 1. The second-order valence-electron chi connectivity index (χ2n) is 5.19. The van der Waals surface area contributed by atoms with Gasteiger partial charge in [0.1, 0.15) is 0 Å². The van der Waals surface area contributed by atoms with E-state index in [2.05, 4.69) is 12.2 Å². The van der Waals surface area contributed by atoms with Crippen LogP contribution in [0.3, 0.4) is 0 Å². The summed E-state index contributed by atoms with van der Waals surface area (Å²) < 4.78 is 10.8. The Bertz CT molecular complexity index is 279. The maximum Gasteiger partial charge on any atom is 0.239 e. The molecule has 0 aromatic rings. The Hall–Kier alpha value is -0.650. The molecule has 0 saturated carbocycles. The molecule has 5 nitrogen and oxygen atoms in total. The van der Waals surface area contributed by atoms with Crippen LogP contribution in [0.2, 0.25) is 0 Å². The number of carbonyl (C=O) groups excluding carboxylic acids is 1. The predicted molar refractivity (Wildman–Crippen MR) is 68.4 cm³/mol. The van der Waals surface area contributed by atoms with E-state index in [1.54, 1.807) is 0 Å². The molecule has 0 radical (unpaired) electrons. The average molecular weight is 256 g/mol. The van der Waals surface area contributed by atoms with Crippen LogP contribution < -0.4 is 5.32 Å². The van der Waals surface area contributed by atoms with Gasteiger partial charge < -0.3 is 19.7 Å². The van der Waals surface area contributed by atoms with E-state index in [0.717, 1.165) is 19.6 Å². The standard InChI is InChI=1S/C13H24N2O3/c1-10(13(16)15-4-7-17-8-5-15)14-9-12-3-6-18-11(12)2/h10-12,14H,3-9H2,1-2H3. The highest BCUT2D eigenvalue weighted by atomic mass is 16.5. The predicted octanol–water partition coefficient (Wildman–Crippen LogP) is 0.248. The summed E-state index contributed by atoms with van der Waals surface area (Å²) >= 11 is 0. The first kappa shape index (κ1) is 13.8. The molecule has 1 N–H and O–H groups in total. The van der Waals surface area contributed by atoms with Gasteiger partial charge in [-0.1, -0.05) is 0 Å². The van der Waals surface area contributed by atoms with E-state index in [9.17, 15) is 4.79 Å². The Morgan fingerprint density at radius 2 is 2.11 bits per heavy atom. The highest BCUT2D eigenvalue weighted by Gasteiger charge is 2.27. The van der Waals surface area contributed by atoms with Crippen LogP contribution >= 0.6 is 0 Å². The molecular weight excluding hydrogens is 232 g/mol. The summed E-state index contributed by atoms with van der Waals surface area (Å²) in [5, 5.41) is 3.34. The first-order valence-electron chi connectivity index (χ1n) is 6.90. The van der Waals surface area contributed by atoms with Crippen LogP contribution in [0.25, 0.3) is 0 Å². The Morgan fingerprint density at radius 1 is 1.39 bits per heavy atom. The van der Waals surface area contributed by atoms with Crippen molar-refractivity contribution in [1.82, 2.24) is 10.2 Å². The van der Waals surface area contributed by atoms with Crippen molar-refractivity contribution in [2.45, 2.75) is 32.4 Å². The van der Waals surface area contributed by atoms with Crippen LogP contribution in [0.4, 0.5) is 0 Å². The average Bonchev–Trinajstić information content (AvgIpc) is 2.81. The number of nitrogens with zero attached hydrogens (tertiary/aromatic N) is 1. The van der Waals surface area contributed by atoms with Crippen molar-refractivity contribution in [2.24, 2.45) is 5.92 Å². The fourth-order valence-corrected chi connectivity index (χ4v) is 2.52. The first-order valence-corrected chi connectivity index (χ1v) is 6.90. The zero-order chi connectivity index (χ0) is 13.0. The molecule has 0 aromatic heterocycles. The van der Waals surface area contributed by atoms with Gasteiger partial charge in [-0.3, -0.25) is 4.79 Å². The third-order valence-electron chi connectivity index (χ3n) is 3.91. The third-order valence-corrected chi connectivity index (χ3v) is 3.91. The summed E-state index contributed by atoms with van der Waals surface area (Å²) in [5.74, 6) is 0.717. The Kier molecular flexibility index (Phi) is 4.97. The van der Waals surface area contributed by atoms with Gasteiger partial charge in [0, 0.05) is 26.2 Å². The van der Waals surface area contributed by atoms with E-state index in [4.69, 9.17) is 9.47 Å². The van der Waals surface area contributed by atoms with Crippen molar-refractivity contribution < 1.29 is 14.3 Å². The van der Waals surface area contributed by atoms with Gasteiger partial charge in [0.25, 0.3) is 0 Å². The van der Waals surface area contributed by atoms with E-state index >= 15 is 0 Å². The summed E-state index contributed by atoms with van der Waals surface area (Å²) in [7, 11) is 0. The van der Waals surface area contributed by atoms with Crippen LogP contribution in [-0.2, 0) is 14.3 Å². The quantitative estimate of drug-likeness (QED) is 0.783. The summed E-state index contributed by atoms with van der Waals surface area (Å²) in [6, 6.07) is -0.115. The number of amides is 1. The number of hydrogen-bond donors (Lipinski definition) is 1. The van der Waals surface area contributed by atoms with Gasteiger partial charge in [-0.25, -0.2) is 0 Å². The lowest BCUT2D eigenvalue weighted by molar-refractivity contribution is -0.137. The Morgan fingerprint density at radius 3 is 2.72 bits per heavy atom. The Balaban J connectivity index is 1.73. The highest BCUT2D eigenvalue weighted by Crippen LogP contribution is 2.19. The molecule has 3 unspecified atom stereocenters. The van der Waals surface area contributed by atoms with Gasteiger partial charge >= 0.3 is 0 Å². The molecular formula is C13H24N2O3. The normalized spacial score (nSPS) is 30.4. The molecule has 0 spiro atoms. The van der Waals surface area contributed by atoms with Crippen molar-refractivity contribution in [3.8, 4) is 0 Å². The maximum absolute atomic E-state index is 12.2. The summed E-state index contributed by atoms with van der Waals surface area (Å²) in [4.78, 5) is 14.0. The smallest absolute Gasteiger partial charge is 0.239 e. The summed E-state index contributed by atoms with van der Waals surface area (Å²) in [5.41, 5.74) is 0. The second kappa shape index (κ2) is 6.50. The second-order valence-corrected chi connectivity index (χ2v) is 5.19. The highest BCUT2D eigenvalue weighted by molar-refractivity contribution is 5.81. The number of nitrogens with one attached hydrogen (secondary N) is 1. The zero-order valence-corrected chi connectivity index (χ0v) is 11.4. The van der Waals surface area contributed by atoms with Crippen LogP contribution in [-0.4, -0.2) is 62.4 Å². The molecule has 2 heterocycles. The van der Waals surface area contributed by atoms with Gasteiger partial charge in [0.2, 0.25) is 5.91 Å². The van der Waals surface area contributed by atoms with E-state index < -0.39 is 0 Å². The third kappa shape index (κ3) is 3.43. The van der Waals surface area contributed by atoms with Crippen molar-refractivity contribution >= 4 is 5.91 Å². The molecule has 2 aliphatic rings. The Labute approximate surface area is 109 Å². The molecule has 3 atom stereocenters. The molecule has 0 aromatic carbocycles. The van der Waals surface area contributed by atoms with Gasteiger partial charge in [-0.2, -0.15) is 0 Å². The van der Waals surface area contributed by atoms with Crippen LogP contribution in [0.1, 0.15) is 20.3 Å². The van der Waals surface area contributed by atoms with E-state index in [1.165, 1.54) is 0 Å². The number of carbonyl (C=O) groups is 1. The maximum atomic E-state index is 12.2. The minimum atomic E-state index is -0.115. The van der Waals surface area contributed by atoms with Crippen molar-refractivity contribution in [2.75, 3.05) is 39.5 Å².